The third-order valence-electron chi connectivity index (χ3n) is 17.3. The van der Waals surface area contributed by atoms with Crippen LogP contribution in [-0.4, -0.2) is 47.6 Å². The van der Waals surface area contributed by atoms with Crippen molar-refractivity contribution in [3.05, 3.63) is 291 Å². The van der Waals surface area contributed by atoms with E-state index in [4.69, 9.17) is 30.3 Å². The number of hydrogen-bond acceptors (Lipinski definition) is 12. The smallest absolute Gasteiger partial charge is 0.155 e. The number of rotatable bonds is 12. The van der Waals surface area contributed by atoms with Crippen LogP contribution >= 0.6 is 34.0 Å². The first-order valence-corrected chi connectivity index (χ1v) is 38.7. The standard InChI is InChI=1S/C29H24NS.C27H28NS.C25H24NS.3C5H8O2.3Ir/c1-18-12-19(2)14-24(13-18)26-15-25-16-27(31-28(25)17-30-26)22-8-10-23(11-9-22)29-20(3)6-5-7-21(29)4;1-16(2)20-10-21(17(3)4)12-23(11-20)26-14-24-13-25(28-15-27(24)29-26)22-8-18(5)7-19(6)9-22;1-16-10-17(2)12-19(11-16)22-13-20-14-23(27-24(20)15-26-22)18-6-8-21(9-7-18)25(3,4)5;3*1-4(6)3-5(2)7;;;/h5-13,15-17H,1-4H3;7-8,10-17H,1-6H3;6-11,13-15H,1-5H3;3*3,6H,1-2H3;;;/q3*-1;;;;;;. The Balaban J connectivity index is 0.000000260. The van der Waals surface area contributed by atoms with Crippen molar-refractivity contribution in [2.24, 2.45) is 0 Å². The fourth-order valence-corrected chi connectivity index (χ4v) is 15.4. The van der Waals surface area contributed by atoms with Gasteiger partial charge in [-0.25, -0.2) is 0 Å². The van der Waals surface area contributed by atoms with Crippen molar-refractivity contribution < 1.29 is 90.0 Å². The van der Waals surface area contributed by atoms with Gasteiger partial charge in [0, 0.05) is 112 Å². The molecule has 0 fully saturated rings. The molecular formula is C96H100Ir3N3O6S3-3. The number of fused-ring (bicyclic) bond motifs is 3. The van der Waals surface area contributed by atoms with Gasteiger partial charge in [-0.15, -0.1) is 139 Å². The average molecular weight is 2060 g/mol. The van der Waals surface area contributed by atoms with Gasteiger partial charge in [0.1, 0.15) is 0 Å². The fourth-order valence-electron chi connectivity index (χ4n) is 12.4. The molecule has 3 N–H and O–H groups in total. The van der Waals surface area contributed by atoms with Crippen molar-refractivity contribution in [3.63, 3.8) is 0 Å². The van der Waals surface area contributed by atoms with E-state index in [2.05, 4.69) is 280 Å². The molecule has 13 aromatic rings. The van der Waals surface area contributed by atoms with Gasteiger partial charge in [-0.1, -0.05) is 193 Å². The molecule has 0 amide bonds. The Labute approximate surface area is 710 Å². The Morgan fingerprint density at radius 2 is 0.685 bits per heavy atom. The molecule has 0 saturated carbocycles. The number of benzene rings is 7. The summed E-state index contributed by atoms with van der Waals surface area (Å²) >= 11 is 5.43. The van der Waals surface area contributed by atoms with Gasteiger partial charge in [0.15, 0.2) is 17.3 Å². The van der Waals surface area contributed by atoms with Crippen molar-refractivity contribution in [1.29, 1.82) is 0 Å². The normalized spacial score (nSPS) is 11.3. The minimum Gasteiger partial charge on any atom is -0.512 e. The summed E-state index contributed by atoms with van der Waals surface area (Å²) < 4.78 is 3.66. The maximum Gasteiger partial charge on any atom is 0.155 e. The molecule has 0 aliphatic heterocycles. The van der Waals surface area contributed by atoms with Gasteiger partial charge in [-0.3, -0.25) is 14.4 Å². The number of aliphatic hydroxyl groups is 3. The van der Waals surface area contributed by atoms with E-state index in [1.54, 1.807) is 22.7 Å². The van der Waals surface area contributed by atoms with Crippen LogP contribution in [0.25, 0.3) is 106 Å². The van der Waals surface area contributed by atoms with E-state index in [1.165, 1.54) is 177 Å². The predicted octanol–water partition coefficient (Wildman–Crippen LogP) is 27.1. The first-order valence-electron chi connectivity index (χ1n) is 36.2. The van der Waals surface area contributed by atoms with Gasteiger partial charge in [0.25, 0.3) is 0 Å². The minimum atomic E-state index is -0.125. The summed E-state index contributed by atoms with van der Waals surface area (Å²) in [4.78, 5) is 48.1. The number of aliphatic hydroxyl groups excluding tert-OH is 3. The van der Waals surface area contributed by atoms with Gasteiger partial charge in [-0.05, 0) is 180 Å². The molecule has 6 aromatic heterocycles. The maximum absolute atomic E-state index is 10.0. The van der Waals surface area contributed by atoms with Crippen molar-refractivity contribution in [3.8, 4) is 76.2 Å². The topological polar surface area (TPSA) is 151 Å². The van der Waals surface area contributed by atoms with Crippen molar-refractivity contribution in [2.75, 3.05) is 0 Å². The van der Waals surface area contributed by atoms with Gasteiger partial charge in [0.05, 0.1) is 31.4 Å². The molecule has 6 heterocycles. The van der Waals surface area contributed by atoms with Crippen LogP contribution in [0.3, 0.4) is 0 Å². The summed E-state index contributed by atoms with van der Waals surface area (Å²) in [5.74, 6) is 0.859. The zero-order valence-electron chi connectivity index (χ0n) is 67.3. The SMILES string of the molecule is CC(=O)C=C(C)O.CC(=O)C=C(C)O.CC(=O)C=C(C)O.Cc1[c-]c(-c2cc3cc(-c4cc(C(C)C)cc(C(C)C)c4)sc3cn2)cc(C)c1.Cc1[c-]c(-c2cc3cc(-c4ccc(-c5c(C)cccc5C)cc4)sc3cn2)cc(C)c1.Cc1[c-]c(-c2cc3cc(-c4ccc(C(C)(C)C)cc4)sc3cn2)cc(C)c1.[Ir].[Ir].[Ir]. The Morgan fingerprint density at radius 3 is 0.955 bits per heavy atom. The van der Waals surface area contributed by atoms with Gasteiger partial charge in [0.2, 0.25) is 0 Å². The molecule has 0 unspecified atom stereocenters. The molecule has 0 atom stereocenters. The van der Waals surface area contributed by atoms with E-state index in [0.717, 1.165) is 50.5 Å². The van der Waals surface area contributed by atoms with Gasteiger partial charge >= 0.3 is 0 Å². The van der Waals surface area contributed by atoms with Crippen molar-refractivity contribution in [1.82, 2.24) is 15.0 Å². The van der Waals surface area contributed by atoms with E-state index in [0.29, 0.717) is 11.8 Å². The fraction of sp³-hybridized carbons (Fsp3) is 0.250. The summed E-state index contributed by atoms with van der Waals surface area (Å²) in [5, 5.41) is 28.8. The minimum absolute atomic E-state index is 0. The van der Waals surface area contributed by atoms with E-state index in [1.807, 2.05) is 29.9 Å². The van der Waals surface area contributed by atoms with Crippen LogP contribution in [0.15, 0.2) is 212 Å². The zero-order chi connectivity index (χ0) is 79.0. The number of ketones is 3. The van der Waals surface area contributed by atoms with Gasteiger partial charge < -0.3 is 30.3 Å². The second kappa shape index (κ2) is 42.4. The van der Waals surface area contributed by atoms with Gasteiger partial charge in [-0.2, -0.15) is 0 Å². The number of pyridine rings is 3. The van der Waals surface area contributed by atoms with Crippen LogP contribution in [0.2, 0.25) is 0 Å². The van der Waals surface area contributed by atoms with Crippen LogP contribution in [-0.2, 0) is 80.1 Å². The first-order chi connectivity index (χ1) is 50.9. The second-order valence-electron chi connectivity index (χ2n) is 29.5. The largest absolute Gasteiger partial charge is 0.512 e. The Kier molecular flexibility index (Phi) is 35.5. The molecule has 583 valence electrons. The Hall–Kier alpha value is -8.55. The van der Waals surface area contributed by atoms with Crippen molar-refractivity contribution in [2.45, 2.75) is 163 Å². The molecule has 9 nitrogen and oxygen atoms in total. The molecule has 15 heteroatoms. The molecule has 0 aliphatic carbocycles. The number of allylic oxidation sites excluding steroid dienone is 6. The third kappa shape index (κ3) is 27.7. The molecule has 3 radical (unpaired) electrons. The van der Waals surface area contributed by atoms with Crippen LogP contribution in [0.1, 0.15) is 163 Å². The van der Waals surface area contributed by atoms with Crippen LogP contribution < -0.4 is 0 Å². The average Bonchev–Trinajstić information content (AvgIpc) is 1.67. The number of carbonyl (C=O) groups excluding carboxylic acids is 3. The predicted molar refractivity (Wildman–Crippen MR) is 459 cm³/mol. The number of nitrogens with zero attached hydrogens (tertiary/aromatic N) is 3. The third-order valence-corrected chi connectivity index (χ3v) is 20.7. The molecular weight excluding hydrogens is 1960 g/mol. The number of aromatic nitrogens is 3. The summed E-state index contributed by atoms with van der Waals surface area (Å²) in [5.41, 5.74) is 26.8. The quantitative estimate of drug-likeness (QED) is 0.0617. The Bertz CT molecular complexity index is 5290. The summed E-state index contributed by atoms with van der Waals surface area (Å²) in [7, 11) is 0. The van der Waals surface area contributed by atoms with Crippen LogP contribution in [0, 0.1) is 73.6 Å². The number of hydrogen-bond donors (Lipinski definition) is 3. The molecule has 13 rings (SSSR count). The Morgan fingerprint density at radius 1 is 0.387 bits per heavy atom. The molecule has 0 saturated heterocycles. The molecule has 0 aliphatic rings. The van der Waals surface area contributed by atoms with Crippen LogP contribution in [0.4, 0.5) is 0 Å². The molecule has 0 spiro atoms. The number of carbonyl (C=O) groups is 3. The molecule has 7 aromatic carbocycles. The molecule has 0 bridgehead atoms. The van der Waals surface area contributed by atoms with E-state index < -0.39 is 0 Å². The maximum atomic E-state index is 10.0. The van der Waals surface area contributed by atoms with Crippen molar-refractivity contribution >= 4 is 81.6 Å². The first kappa shape index (κ1) is 93.0. The van der Waals surface area contributed by atoms with Crippen LogP contribution in [0.5, 0.6) is 0 Å². The summed E-state index contributed by atoms with van der Waals surface area (Å²) in [6, 6.07) is 68.1. The number of thiophene rings is 3. The zero-order valence-corrected chi connectivity index (χ0v) is 76.9. The van der Waals surface area contributed by atoms with E-state index in [9.17, 15) is 14.4 Å². The molecule has 111 heavy (non-hydrogen) atoms. The number of aryl methyl sites for hydroxylation is 8. The second-order valence-corrected chi connectivity index (χ2v) is 32.7. The van der Waals surface area contributed by atoms with E-state index in [-0.39, 0.29) is 100 Å². The van der Waals surface area contributed by atoms with E-state index >= 15 is 0 Å². The summed E-state index contributed by atoms with van der Waals surface area (Å²) in [6.07, 6.45) is 9.50. The summed E-state index contributed by atoms with van der Waals surface area (Å²) in [6.45, 7) is 41.3. The monoisotopic (exact) mass is 2070 g/mol.